The molecule has 10 aromatic carbocycles. The van der Waals surface area contributed by atoms with Gasteiger partial charge >= 0.3 is 0 Å². The zero-order valence-electron chi connectivity index (χ0n) is 81.8. The molecule has 14 rings (SSSR count). The Morgan fingerprint density at radius 2 is 0.750 bits per heavy atom. The smallest absolute Gasteiger partial charge is 0.192 e. The van der Waals surface area contributed by atoms with Gasteiger partial charge in [-0.15, -0.1) is 40.8 Å². The Bertz CT molecular complexity index is 5070. The molecular weight excluding hydrogens is 1790 g/mol. The standard InChI is InChI=1S/C26H36OS.C26H36S.C21H26O5S.C16H17Br.C16H17.C10H18OS.Y/c1-8-25-20(6)19(5)21(7)26(27,28-25)24-15-23(17(3)13-18(24)4)14-22-11-9-16(2)10-12-22;1-8-25-20(6)19(5)21(7)26(27-25)24-15-23(17(3)13-18(24)4)14-22-11-9-16(2)10-12-22;1-11-3-5-13(6-4-11)8-14-9-15(16(23)7-12(14)2)21-20(26)19(25)18(24)17(10-22)27-21;1-11-4-6-14(7-5-11)9-15-10-16(17)13(3)8-12(15)2;1-12-4-7-15(8-5-12)11-16-9-6-13(2)10-14(16)3;1-5-9-7(3)6(2)8(4)10(11)12-9;/h9-13,15,19-21,25,27H,8,14H2,1-7H3;9-13,15,19-21,25-26H,8,14H2,1-7H3;3-7,9,17-26H,8,10H2,1-2H3;4-8,10H,9H2,1-3H3;4-5,7-10H,11H2,1-3H3;6-9H,5H2,1-4H3;/q;;;;-1;;/t19-,20-,21+,25+,26?;19-,20-,21+,25+,26+;17-,18-,19+,20-,21+;;;6-,7-,8+,9+;/m001..0./s1. The Hall–Kier alpha value is -5.55. The molecule has 4 saturated heterocycles. The number of aryl methyl sites for hydroxylation is 14. The van der Waals surface area contributed by atoms with E-state index in [1.807, 2.05) is 19.9 Å². The maximum atomic E-state index is 12.0. The van der Waals surface area contributed by atoms with E-state index in [4.69, 9.17) is 0 Å². The number of phenols is 1. The summed E-state index contributed by atoms with van der Waals surface area (Å²) in [6.45, 7) is 57.3. The van der Waals surface area contributed by atoms with Crippen molar-refractivity contribution in [3.63, 3.8) is 0 Å². The summed E-state index contributed by atoms with van der Waals surface area (Å²) < 4.78 is 1.20. The zero-order chi connectivity index (χ0) is 93.3. The zero-order valence-corrected chi connectivity index (χ0v) is 89.4. The number of halogens is 1. The average Bonchev–Trinajstić information content (AvgIpc) is 0.746. The number of aromatic hydroxyl groups is 1. The van der Waals surface area contributed by atoms with Gasteiger partial charge in [-0.3, -0.25) is 4.79 Å². The van der Waals surface area contributed by atoms with E-state index in [9.17, 15) is 35.4 Å². The number of carbonyl (C=O) groups is 1. The van der Waals surface area contributed by atoms with Gasteiger partial charge in [0.1, 0.15) is 16.8 Å². The van der Waals surface area contributed by atoms with Gasteiger partial charge in [-0.2, -0.15) is 29.3 Å². The van der Waals surface area contributed by atoms with Gasteiger partial charge in [0.15, 0.2) is 5.12 Å². The Balaban J connectivity index is 0.000000194. The third-order valence-corrected chi connectivity index (χ3v) is 36.9. The van der Waals surface area contributed by atoms with Gasteiger partial charge in [-0.25, -0.2) is 0 Å². The first-order valence-electron chi connectivity index (χ1n) is 46.7. The Morgan fingerprint density at radius 1 is 0.375 bits per heavy atom. The van der Waals surface area contributed by atoms with Crippen LogP contribution in [0.5, 0.6) is 5.75 Å². The molecule has 19 atom stereocenters. The third-order valence-electron chi connectivity index (χ3n) is 28.6. The second kappa shape index (κ2) is 49.6. The predicted octanol–water partition coefficient (Wildman–Crippen LogP) is 28.2. The van der Waals surface area contributed by atoms with Crippen LogP contribution in [-0.4, -0.2) is 81.7 Å². The average molecular weight is 1940 g/mol. The molecule has 1 radical (unpaired) electrons. The molecule has 0 spiro atoms. The molecule has 0 bridgehead atoms. The molecule has 4 fully saturated rings. The number of phenolic OH excluding ortho intramolecular Hbond substituents is 1. The van der Waals surface area contributed by atoms with E-state index in [1.165, 1.54) is 139 Å². The van der Waals surface area contributed by atoms with E-state index < -0.39 is 33.7 Å². The van der Waals surface area contributed by atoms with Crippen LogP contribution < -0.4 is 0 Å². The van der Waals surface area contributed by atoms with E-state index in [0.29, 0.717) is 56.5 Å². The molecule has 13 heteroatoms. The van der Waals surface area contributed by atoms with Crippen molar-refractivity contribution in [1.29, 1.82) is 0 Å². The van der Waals surface area contributed by atoms with Crippen LogP contribution >= 0.6 is 63.0 Å². The van der Waals surface area contributed by atoms with E-state index in [-0.39, 0.29) is 56.9 Å². The second-order valence-corrected chi connectivity index (χ2v) is 44.6. The van der Waals surface area contributed by atoms with E-state index in [2.05, 4.69) is 370 Å². The monoisotopic (exact) mass is 1940 g/mol. The van der Waals surface area contributed by atoms with Crippen LogP contribution in [-0.2, 0) is 74.5 Å². The molecule has 0 amide bonds. The first-order valence-corrected chi connectivity index (χ1v) is 51.1. The molecule has 128 heavy (non-hydrogen) atoms. The topological polar surface area (TPSA) is 138 Å². The summed E-state index contributed by atoms with van der Waals surface area (Å²) in [6, 6.07) is 68.7. The largest absolute Gasteiger partial charge is 0.508 e. The van der Waals surface area contributed by atoms with Crippen molar-refractivity contribution in [1.82, 2.24) is 0 Å². The summed E-state index contributed by atoms with van der Waals surface area (Å²) in [6.07, 6.45) is 4.30. The number of rotatable bonds is 17. The van der Waals surface area contributed by atoms with Gasteiger partial charge in [0, 0.05) is 75.6 Å². The van der Waals surface area contributed by atoms with Crippen molar-refractivity contribution < 1.29 is 68.1 Å². The van der Waals surface area contributed by atoms with Gasteiger partial charge in [-0.1, -0.05) is 316 Å². The third kappa shape index (κ3) is 28.3. The Morgan fingerprint density at radius 3 is 1.19 bits per heavy atom. The summed E-state index contributed by atoms with van der Waals surface area (Å²) in [5.74, 6) is 5.21. The molecule has 0 aliphatic carbocycles. The minimum absolute atomic E-state index is 0. The molecule has 4 aliphatic heterocycles. The quantitative estimate of drug-likeness (QED) is 0.0486. The normalized spacial score (nSPS) is 25.4. The van der Waals surface area contributed by atoms with Crippen LogP contribution in [0.25, 0.3) is 0 Å². The molecule has 4 aliphatic rings. The number of hydrogen-bond donors (Lipinski definition) is 6. The Labute approximate surface area is 823 Å². The number of benzene rings is 10. The summed E-state index contributed by atoms with van der Waals surface area (Å²) in [4.78, 5) is 10.7. The fraction of sp³-hybridized carbons (Fsp3) is 0.470. The SMILES string of the molecule is CC[C@H]1SC(=O)[C@H](C)[C@@H](C)[C@@H]1C.CC[C@H]1SC(O)(c2cc(Cc3ccc(C)cc3)c(C)cc2C)[C@H](C)[C@@H](C)[C@@H]1C.CC[C@H]1S[C@@H](c2cc(Cc3ccc(C)cc3)c(C)cc2C)[C@H](C)[C@@H](C)[C@@H]1C.Cc1[c-]cc(Cc2ccc(C)cc2)c(C)c1.Cc1ccc(Cc2cc(Br)c(C)cc2C)cc1.Cc1ccc(Cc2cc([C@@H]3S[C@H](CO)[C@@H](O)[C@H](O)[C@H]3O)c(O)cc2C)cc1.[Y]. The number of carbonyl (C=O) groups excluding carboxylic acids is 1. The maximum absolute atomic E-state index is 12.0. The minimum Gasteiger partial charge on any atom is -0.508 e. The summed E-state index contributed by atoms with van der Waals surface area (Å²) >= 11 is 10.4. The Kier molecular flexibility index (Phi) is 41.8. The van der Waals surface area contributed by atoms with Crippen LogP contribution in [0.4, 0.5) is 0 Å². The van der Waals surface area contributed by atoms with Crippen molar-refractivity contribution in [3.8, 4) is 5.75 Å². The van der Waals surface area contributed by atoms with Crippen molar-refractivity contribution in [3.05, 3.63) is 343 Å². The molecule has 687 valence electrons. The summed E-state index contributed by atoms with van der Waals surface area (Å²) in [5.41, 5.74) is 34.5. The first-order chi connectivity index (χ1) is 60.1. The summed E-state index contributed by atoms with van der Waals surface area (Å²) in [7, 11) is 0. The van der Waals surface area contributed by atoms with Crippen LogP contribution in [0.2, 0.25) is 0 Å². The van der Waals surface area contributed by atoms with Gasteiger partial charge in [0.2, 0.25) is 0 Å². The molecule has 4 heterocycles. The van der Waals surface area contributed by atoms with Crippen molar-refractivity contribution >= 4 is 68.1 Å². The van der Waals surface area contributed by atoms with Gasteiger partial charge in [-0.05, 0) is 283 Å². The van der Waals surface area contributed by atoms with E-state index in [0.717, 1.165) is 83.8 Å². The molecule has 10 aromatic rings. The minimum atomic E-state index is -1.38. The number of hydrogen-bond acceptors (Lipinski definition) is 11. The fourth-order valence-electron chi connectivity index (χ4n) is 18.6. The van der Waals surface area contributed by atoms with Gasteiger partial charge in [0.25, 0.3) is 0 Å². The molecule has 7 nitrogen and oxygen atoms in total. The molecule has 0 saturated carbocycles. The van der Waals surface area contributed by atoms with Gasteiger partial charge < -0.3 is 30.6 Å². The second-order valence-electron chi connectivity index (χ2n) is 38.2. The van der Waals surface area contributed by atoms with E-state index >= 15 is 0 Å². The van der Waals surface area contributed by atoms with Crippen LogP contribution in [0, 0.1) is 156 Å². The predicted molar refractivity (Wildman–Crippen MR) is 551 cm³/mol. The van der Waals surface area contributed by atoms with Crippen molar-refractivity contribution in [2.45, 2.75) is 286 Å². The molecule has 0 aromatic heterocycles. The van der Waals surface area contributed by atoms with Crippen LogP contribution in [0.15, 0.2) is 186 Å². The molecule has 1 unspecified atom stereocenters. The van der Waals surface area contributed by atoms with Crippen molar-refractivity contribution in [2.75, 3.05) is 6.61 Å². The van der Waals surface area contributed by atoms with E-state index in [1.54, 1.807) is 35.2 Å². The maximum Gasteiger partial charge on any atom is 0.192 e. The number of thioether (sulfide) groups is 4. The van der Waals surface area contributed by atoms with Crippen LogP contribution in [0.3, 0.4) is 0 Å². The fourth-order valence-corrected chi connectivity index (χ4v) is 25.6. The molecule has 6 N–H and O–H groups in total. The number of aliphatic hydroxyl groups is 5. The van der Waals surface area contributed by atoms with Crippen LogP contribution in [0.1, 0.15) is 263 Å². The number of aliphatic hydroxyl groups excluding tert-OH is 4. The molecular formula is C115H150BrO7S4Y-. The van der Waals surface area contributed by atoms with Crippen molar-refractivity contribution in [2.24, 2.45) is 53.3 Å². The van der Waals surface area contributed by atoms with Gasteiger partial charge in [0.05, 0.1) is 29.3 Å². The summed E-state index contributed by atoms with van der Waals surface area (Å²) in [5, 5.41) is 64.1. The first kappa shape index (κ1) is 108.